The quantitative estimate of drug-likeness (QED) is 0.515. The van der Waals surface area contributed by atoms with E-state index in [9.17, 15) is 0 Å². The molecule has 0 aromatic carbocycles. The number of hydrogen-bond acceptors (Lipinski definition) is 0. The van der Waals surface area contributed by atoms with Crippen LogP contribution < -0.4 is 0 Å². The Morgan fingerprint density at radius 3 is 2.50 bits per heavy atom. The lowest BCUT2D eigenvalue weighted by Gasteiger charge is -1.92. The van der Waals surface area contributed by atoms with E-state index < -0.39 is 0 Å². The monoisotopic (exact) mass is 132 g/mol. The molecule has 0 nitrogen and oxygen atoms in total. The molecule has 0 saturated carbocycles. The molecule has 0 saturated heterocycles. The Balaban J connectivity index is 2.82. The number of allylic oxidation sites excluding steroid dienone is 1. The van der Waals surface area contributed by atoms with Crippen LogP contribution in [-0.2, 0) is 0 Å². The Bertz CT molecular complexity index is 66.8. The van der Waals surface area contributed by atoms with Gasteiger partial charge in [-0.2, -0.15) is 0 Å². The molecule has 0 N–H and O–H groups in total. The number of unbranched alkanes of at least 4 members (excludes halogenated alkanes) is 2. The van der Waals surface area contributed by atoms with Crippen LogP contribution in [-0.4, -0.2) is 0 Å². The molecule has 0 heterocycles. The van der Waals surface area contributed by atoms with Crippen LogP contribution in [0.5, 0.6) is 0 Å². The minimum absolute atomic E-state index is 0.790. The maximum atomic E-state index is 5.52. The average molecular weight is 133 g/mol. The Kier molecular flexibility index (Phi) is 5.19. The van der Waals surface area contributed by atoms with Crippen molar-refractivity contribution in [3.8, 4) is 0 Å². The first-order chi connectivity index (χ1) is 3.77. The van der Waals surface area contributed by atoms with Gasteiger partial charge >= 0.3 is 0 Å². The number of halogens is 1. The molecule has 0 atom stereocenters. The minimum atomic E-state index is 0.790. The van der Waals surface area contributed by atoms with Crippen molar-refractivity contribution >= 4 is 11.6 Å². The van der Waals surface area contributed by atoms with Gasteiger partial charge in [0.1, 0.15) is 0 Å². The first kappa shape index (κ1) is 8.03. The summed E-state index contributed by atoms with van der Waals surface area (Å²) in [6.07, 6.45) is 4.70. The summed E-state index contributed by atoms with van der Waals surface area (Å²) < 4.78 is 0. The molecule has 0 aliphatic carbocycles. The molecular formula is C7H13Cl. The molecule has 48 valence electrons. The highest BCUT2D eigenvalue weighted by atomic mass is 35.5. The fourth-order valence-corrected chi connectivity index (χ4v) is 0.700. The van der Waals surface area contributed by atoms with Gasteiger partial charge < -0.3 is 0 Å². The van der Waals surface area contributed by atoms with Crippen LogP contribution in [0.2, 0.25) is 0 Å². The Hall–Kier alpha value is 0.0300. The van der Waals surface area contributed by atoms with Crippen LogP contribution in [0.4, 0.5) is 0 Å². The van der Waals surface area contributed by atoms with Crippen molar-refractivity contribution in [2.75, 3.05) is 0 Å². The lowest BCUT2D eigenvalue weighted by atomic mass is 10.2. The molecule has 0 aliphatic rings. The van der Waals surface area contributed by atoms with Gasteiger partial charge in [0, 0.05) is 5.03 Å². The largest absolute Gasteiger partial charge is 0.0898 e. The summed E-state index contributed by atoms with van der Waals surface area (Å²) in [6, 6.07) is 0. The molecule has 8 heavy (non-hydrogen) atoms. The topological polar surface area (TPSA) is 0 Å². The van der Waals surface area contributed by atoms with E-state index in [0.29, 0.717) is 0 Å². The van der Waals surface area contributed by atoms with Crippen molar-refractivity contribution < 1.29 is 0 Å². The highest BCUT2D eigenvalue weighted by Crippen LogP contribution is 2.09. The average Bonchev–Trinajstić information content (AvgIpc) is 1.66. The molecule has 0 rings (SSSR count). The summed E-state index contributed by atoms with van der Waals surface area (Å²) >= 11 is 5.52. The lowest BCUT2D eigenvalue weighted by molar-refractivity contribution is 0.725. The van der Waals surface area contributed by atoms with Crippen molar-refractivity contribution in [1.29, 1.82) is 0 Å². The second kappa shape index (κ2) is 5.17. The maximum Gasteiger partial charge on any atom is 0.0109 e. The van der Waals surface area contributed by atoms with Gasteiger partial charge in [0.25, 0.3) is 0 Å². The van der Waals surface area contributed by atoms with E-state index in [4.69, 9.17) is 11.6 Å². The zero-order chi connectivity index (χ0) is 6.41. The van der Waals surface area contributed by atoms with Gasteiger partial charge in [-0.1, -0.05) is 37.9 Å². The fraction of sp³-hybridized carbons (Fsp3) is 0.714. The van der Waals surface area contributed by atoms with E-state index in [-0.39, 0.29) is 0 Å². The summed E-state index contributed by atoms with van der Waals surface area (Å²) in [4.78, 5) is 0. The fourth-order valence-electron chi connectivity index (χ4n) is 0.567. The van der Waals surface area contributed by atoms with Crippen LogP contribution in [0.1, 0.15) is 32.6 Å². The third-order valence-corrected chi connectivity index (χ3v) is 1.24. The molecule has 0 bridgehead atoms. The minimum Gasteiger partial charge on any atom is -0.0898 e. The second-order valence-electron chi connectivity index (χ2n) is 1.97. The van der Waals surface area contributed by atoms with E-state index >= 15 is 0 Å². The first-order valence-electron chi connectivity index (χ1n) is 3.10. The van der Waals surface area contributed by atoms with Crippen molar-refractivity contribution in [1.82, 2.24) is 0 Å². The van der Waals surface area contributed by atoms with Crippen LogP contribution in [0.25, 0.3) is 0 Å². The van der Waals surface area contributed by atoms with Crippen molar-refractivity contribution in [3.63, 3.8) is 0 Å². The van der Waals surface area contributed by atoms with Gasteiger partial charge in [-0.15, -0.1) is 0 Å². The normalized spacial score (nSPS) is 9.25. The first-order valence-corrected chi connectivity index (χ1v) is 3.48. The molecule has 0 fully saturated rings. The van der Waals surface area contributed by atoms with E-state index in [1.165, 1.54) is 19.3 Å². The van der Waals surface area contributed by atoms with Gasteiger partial charge in [0.2, 0.25) is 0 Å². The predicted octanol–water partition coefficient (Wildman–Crippen LogP) is 3.32. The molecular weight excluding hydrogens is 120 g/mol. The van der Waals surface area contributed by atoms with Crippen molar-refractivity contribution in [3.05, 3.63) is 11.6 Å². The Labute approximate surface area is 56.5 Å². The van der Waals surface area contributed by atoms with Gasteiger partial charge in [-0.25, -0.2) is 0 Å². The molecule has 0 aromatic heterocycles. The van der Waals surface area contributed by atoms with E-state index in [2.05, 4.69) is 13.5 Å². The molecule has 0 radical (unpaired) electrons. The summed E-state index contributed by atoms with van der Waals surface area (Å²) in [5.74, 6) is 0. The van der Waals surface area contributed by atoms with Crippen molar-refractivity contribution in [2.24, 2.45) is 0 Å². The Morgan fingerprint density at radius 2 is 2.12 bits per heavy atom. The van der Waals surface area contributed by atoms with E-state index in [1.807, 2.05) is 0 Å². The predicted molar refractivity (Wildman–Crippen MR) is 39.1 cm³/mol. The number of hydrogen-bond donors (Lipinski definition) is 0. The molecule has 0 amide bonds. The SMILES string of the molecule is C=C(Cl)CCCCC. The molecule has 0 spiro atoms. The van der Waals surface area contributed by atoms with Crippen LogP contribution in [0.15, 0.2) is 11.6 Å². The van der Waals surface area contributed by atoms with Crippen LogP contribution >= 0.6 is 11.6 Å². The van der Waals surface area contributed by atoms with Gasteiger partial charge in [-0.3, -0.25) is 0 Å². The molecule has 0 aliphatic heterocycles. The summed E-state index contributed by atoms with van der Waals surface area (Å²) in [5.41, 5.74) is 0. The number of rotatable bonds is 4. The summed E-state index contributed by atoms with van der Waals surface area (Å²) in [6.45, 7) is 5.77. The standard InChI is InChI=1S/C7H13Cl/c1-3-4-5-6-7(2)8/h2-6H2,1H3. The van der Waals surface area contributed by atoms with Gasteiger partial charge in [-0.05, 0) is 12.8 Å². The Morgan fingerprint density at radius 1 is 1.50 bits per heavy atom. The molecule has 0 aromatic rings. The van der Waals surface area contributed by atoms with Gasteiger partial charge in [0.15, 0.2) is 0 Å². The summed E-state index contributed by atoms with van der Waals surface area (Å²) in [5, 5.41) is 0.790. The van der Waals surface area contributed by atoms with Crippen molar-refractivity contribution in [2.45, 2.75) is 32.6 Å². The molecule has 0 unspecified atom stereocenters. The molecule has 1 heteroatoms. The third kappa shape index (κ3) is 6.03. The van der Waals surface area contributed by atoms with Gasteiger partial charge in [0.05, 0.1) is 0 Å². The third-order valence-electron chi connectivity index (χ3n) is 1.05. The van der Waals surface area contributed by atoms with Crippen LogP contribution in [0.3, 0.4) is 0 Å². The lowest BCUT2D eigenvalue weighted by Crippen LogP contribution is -1.72. The zero-order valence-electron chi connectivity index (χ0n) is 5.41. The second-order valence-corrected chi connectivity index (χ2v) is 2.51. The van der Waals surface area contributed by atoms with E-state index in [0.717, 1.165) is 11.5 Å². The highest BCUT2D eigenvalue weighted by molar-refractivity contribution is 6.29. The maximum absolute atomic E-state index is 5.52. The van der Waals surface area contributed by atoms with Crippen LogP contribution in [0, 0.1) is 0 Å². The summed E-state index contributed by atoms with van der Waals surface area (Å²) in [7, 11) is 0. The zero-order valence-corrected chi connectivity index (χ0v) is 6.17. The highest BCUT2D eigenvalue weighted by Gasteiger charge is 1.86. The van der Waals surface area contributed by atoms with E-state index in [1.54, 1.807) is 0 Å². The smallest absolute Gasteiger partial charge is 0.0109 e.